The summed E-state index contributed by atoms with van der Waals surface area (Å²) in [4.78, 5) is 20.5. The Kier molecular flexibility index (Phi) is 8.86. The fourth-order valence-corrected chi connectivity index (χ4v) is 3.62. The molecule has 0 aliphatic carbocycles. The largest absolute Gasteiger partial charge is 0.492 e. The van der Waals surface area contributed by atoms with Gasteiger partial charge in [-0.25, -0.2) is 13.8 Å². The predicted octanol–water partition coefficient (Wildman–Crippen LogP) is 2.98. The van der Waals surface area contributed by atoms with E-state index in [2.05, 4.69) is 21.8 Å². The molecule has 0 radical (unpaired) electrons. The van der Waals surface area contributed by atoms with Gasteiger partial charge in [-0.3, -0.25) is 4.79 Å². The summed E-state index contributed by atoms with van der Waals surface area (Å²) in [7, 11) is 0. The van der Waals surface area contributed by atoms with Crippen molar-refractivity contribution in [2.45, 2.75) is 38.3 Å². The topological polar surface area (TPSA) is 102 Å². The summed E-state index contributed by atoms with van der Waals surface area (Å²) in [6.45, 7) is 4.31. The number of halogens is 2. The second-order valence-electron chi connectivity index (χ2n) is 7.55. The molecule has 0 saturated carbocycles. The highest BCUT2D eigenvalue weighted by Gasteiger charge is 2.34. The average Bonchev–Trinajstić information content (AvgIpc) is 3.37. The van der Waals surface area contributed by atoms with Crippen molar-refractivity contribution >= 4 is 11.8 Å². The number of aliphatic hydroxyl groups excluding tert-OH is 1. The molecule has 0 unspecified atom stereocenters. The molecule has 2 heterocycles. The number of aliphatic imine (C=N–C) groups is 1. The Morgan fingerprint density at radius 3 is 2.74 bits per heavy atom. The number of para-hydroxylation sites is 1. The summed E-state index contributed by atoms with van der Waals surface area (Å²) in [5.41, 5.74) is 0.898. The number of amides is 1. The lowest BCUT2D eigenvalue weighted by molar-refractivity contribution is 0.0180. The third kappa shape index (κ3) is 6.47. The van der Waals surface area contributed by atoms with Gasteiger partial charge in [0, 0.05) is 12.3 Å². The molecule has 0 spiro atoms. The molecule has 1 aliphatic rings. The zero-order valence-corrected chi connectivity index (χ0v) is 18.8. The van der Waals surface area contributed by atoms with Crippen LogP contribution >= 0.6 is 0 Å². The lowest BCUT2D eigenvalue weighted by atomic mass is 9.98. The van der Waals surface area contributed by atoms with Crippen LogP contribution in [-0.2, 0) is 9.47 Å². The highest BCUT2D eigenvalue weighted by molar-refractivity contribution is 5.98. The second-order valence-corrected chi connectivity index (χ2v) is 7.55. The van der Waals surface area contributed by atoms with Crippen LogP contribution in [0.1, 0.15) is 30.1 Å². The summed E-state index contributed by atoms with van der Waals surface area (Å²) < 4.78 is 35.7. The Morgan fingerprint density at radius 1 is 1.32 bits per heavy atom. The van der Waals surface area contributed by atoms with Crippen LogP contribution in [0.2, 0.25) is 0 Å². The molecule has 0 bridgehead atoms. The number of rotatable bonds is 9. The van der Waals surface area contributed by atoms with E-state index in [0.29, 0.717) is 24.1 Å². The number of carbonyl (C=O) groups excluding carboxylic acids is 1. The number of aliphatic hydroxyl groups is 1. The van der Waals surface area contributed by atoms with E-state index in [1.165, 1.54) is 36.4 Å². The highest BCUT2D eigenvalue weighted by Crippen LogP contribution is 2.24. The molecule has 1 amide bonds. The molecule has 1 fully saturated rings. The summed E-state index contributed by atoms with van der Waals surface area (Å²) in [5, 5.41) is 18.1. The maximum absolute atomic E-state index is 13.5. The van der Waals surface area contributed by atoms with E-state index in [0.717, 1.165) is 0 Å². The zero-order valence-electron chi connectivity index (χ0n) is 18.8. The van der Waals surface area contributed by atoms with Gasteiger partial charge in [0.1, 0.15) is 12.7 Å². The molecular formula is C23H27F2N5O4. The number of ether oxygens (including phenoxy) is 2. The fourth-order valence-electron chi connectivity index (χ4n) is 3.62. The number of hydrogen-bond donors (Lipinski definition) is 1. The van der Waals surface area contributed by atoms with Gasteiger partial charge in [0.15, 0.2) is 0 Å². The minimum Gasteiger partial charge on any atom is -0.492 e. The Balaban J connectivity index is 1.78. The van der Waals surface area contributed by atoms with Crippen LogP contribution in [0.4, 0.5) is 8.78 Å². The predicted molar refractivity (Wildman–Crippen MR) is 121 cm³/mol. The lowest BCUT2D eigenvalue weighted by Gasteiger charge is -2.39. The zero-order chi connectivity index (χ0) is 24.5. The van der Waals surface area contributed by atoms with Crippen LogP contribution in [0.25, 0.3) is 5.69 Å². The molecule has 1 saturated heterocycles. The second kappa shape index (κ2) is 12.0. The Hall–Kier alpha value is -3.60. The number of aromatic nitrogens is 3. The van der Waals surface area contributed by atoms with E-state index in [9.17, 15) is 18.7 Å². The van der Waals surface area contributed by atoms with Gasteiger partial charge in [0.25, 0.3) is 12.3 Å². The first-order valence-electron chi connectivity index (χ1n) is 10.7. The minimum absolute atomic E-state index is 0.128. The van der Waals surface area contributed by atoms with Crippen molar-refractivity contribution in [3.8, 4) is 5.69 Å². The third-order valence-electron chi connectivity index (χ3n) is 5.17. The lowest BCUT2D eigenvalue weighted by Crippen LogP contribution is -2.51. The van der Waals surface area contributed by atoms with Crippen LogP contribution in [-0.4, -0.2) is 75.1 Å². The van der Waals surface area contributed by atoms with Gasteiger partial charge in [-0.1, -0.05) is 18.7 Å². The SMILES string of the molecule is C=C/N=C(\C=C(/C)OCC(F)F)O[C@@H]1CC[C@@H](CO)N(C(=O)c2ccccc2-n2nccn2)C1. The van der Waals surface area contributed by atoms with Crippen LogP contribution in [0.3, 0.4) is 0 Å². The van der Waals surface area contributed by atoms with Crippen molar-refractivity contribution in [2.24, 2.45) is 4.99 Å². The number of likely N-dealkylation sites (tertiary alicyclic amines) is 1. The van der Waals surface area contributed by atoms with Crippen molar-refractivity contribution in [1.29, 1.82) is 0 Å². The summed E-state index contributed by atoms with van der Waals surface area (Å²) in [6.07, 6.45) is 3.71. The first kappa shape index (κ1) is 25.0. The Morgan fingerprint density at radius 2 is 2.06 bits per heavy atom. The molecule has 1 N–H and O–H groups in total. The van der Waals surface area contributed by atoms with Gasteiger partial charge in [-0.2, -0.15) is 15.0 Å². The molecular weight excluding hydrogens is 448 g/mol. The monoisotopic (exact) mass is 475 g/mol. The van der Waals surface area contributed by atoms with Crippen LogP contribution < -0.4 is 0 Å². The van der Waals surface area contributed by atoms with E-state index < -0.39 is 25.2 Å². The van der Waals surface area contributed by atoms with Crippen molar-refractivity contribution < 1.29 is 28.2 Å². The molecule has 2 atom stereocenters. The standard InChI is InChI=1S/C23H27F2N5O4/c1-3-26-22(12-16(2)33-15-21(24)25)34-18-9-8-17(14-31)29(13-18)23(32)19-6-4-5-7-20(19)30-27-10-11-28-30/h3-7,10-12,17-18,21,31H,1,8-9,13-15H2,2H3/b16-12+,26-22+/t17-,18+/m0/s1. The molecule has 11 heteroatoms. The molecule has 1 aromatic carbocycles. The Bertz CT molecular complexity index is 1030. The number of allylic oxidation sites excluding steroid dienone is 1. The van der Waals surface area contributed by atoms with Gasteiger partial charge in [0.05, 0.1) is 48.6 Å². The van der Waals surface area contributed by atoms with Gasteiger partial charge < -0.3 is 19.5 Å². The maximum atomic E-state index is 13.5. The number of hydrogen-bond acceptors (Lipinski definition) is 7. The molecule has 182 valence electrons. The summed E-state index contributed by atoms with van der Waals surface area (Å²) in [6, 6.07) is 6.55. The molecule has 1 aliphatic heterocycles. The Labute approximate surface area is 196 Å². The van der Waals surface area contributed by atoms with E-state index in [-0.39, 0.29) is 30.7 Å². The number of piperidine rings is 1. The smallest absolute Gasteiger partial charge is 0.272 e. The molecule has 2 aromatic rings. The van der Waals surface area contributed by atoms with E-state index >= 15 is 0 Å². The van der Waals surface area contributed by atoms with Crippen LogP contribution in [0.5, 0.6) is 0 Å². The fraction of sp³-hybridized carbons (Fsp3) is 0.391. The number of carbonyl (C=O) groups is 1. The van der Waals surface area contributed by atoms with Crippen molar-refractivity contribution in [2.75, 3.05) is 19.8 Å². The average molecular weight is 475 g/mol. The molecule has 9 nitrogen and oxygen atoms in total. The third-order valence-corrected chi connectivity index (χ3v) is 5.17. The van der Waals surface area contributed by atoms with E-state index in [1.807, 2.05) is 0 Å². The normalized spacial score (nSPS) is 19.3. The van der Waals surface area contributed by atoms with Gasteiger partial charge in [-0.05, 0) is 31.9 Å². The van der Waals surface area contributed by atoms with E-state index in [1.54, 1.807) is 29.2 Å². The van der Waals surface area contributed by atoms with Gasteiger partial charge in [0.2, 0.25) is 5.90 Å². The number of alkyl halides is 2. The number of benzene rings is 1. The first-order valence-corrected chi connectivity index (χ1v) is 10.7. The van der Waals surface area contributed by atoms with Crippen molar-refractivity contribution in [3.05, 3.63) is 66.8 Å². The van der Waals surface area contributed by atoms with Crippen molar-refractivity contribution in [3.63, 3.8) is 0 Å². The van der Waals surface area contributed by atoms with Crippen LogP contribution in [0.15, 0.2) is 66.3 Å². The first-order chi connectivity index (χ1) is 16.4. The minimum atomic E-state index is -2.60. The summed E-state index contributed by atoms with van der Waals surface area (Å²) in [5.74, 6) is 0.0377. The number of nitrogens with zero attached hydrogens (tertiary/aromatic N) is 5. The molecule has 1 aromatic heterocycles. The highest BCUT2D eigenvalue weighted by atomic mass is 19.3. The summed E-state index contributed by atoms with van der Waals surface area (Å²) >= 11 is 0. The van der Waals surface area contributed by atoms with E-state index in [4.69, 9.17) is 9.47 Å². The molecule has 34 heavy (non-hydrogen) atoms. The maximum Gasteiger partial charge on any atom is 0.272 e. The quantitative estimate of drug-likeness (QED) is 0.340. The van der Waals surface area contributed by atoms with Gasteiger partial charge in [-0.15, -0.1) is 0 Å². The molecule has 3 rings (SSSR count). The van der Waals surface area contributed by atoms with Crippen LogP contribution in [0, 0.1) is 0 Å². The van der Waals surface area contributed by atoms with Crippen molar-refractivity contribution in [1.82, 2.24) is 19.9 Å². The van der Waals surface area contributed by atoms with Gasteiger partial charge >= 0.3 is 0 Å².